The van der Waals surface area contributed by atoms with Gasteiger partial charge in [-0.25, -0.2) is 0 Å². The molecule has 12 heavy (non-hydrogen) atoms. The van der Waals surface area contributed by atoms with E-state index >= 15 is 0 Å². The molecule has 66 valence electrons. The van der Waals surface area contributed by atoms with E-state index in [1.165, 1.54) is 0 Å². The van der Waals surface area contributed by atoms with E-state index in [1.54, 1.807) is 6.19 Å². The van der Waals surface area contributed by atoms with Gasteiger partial charge in [0, 0.05) is 0 Å². The molecule has 1 unspecified atom stereocenters. The molecule has 1 heterocycles. The zero-order chi connectivity index (χ0) is 9.03. The molecule has 1 amide bonds. The fraction of sp³-hybridized carbons (Fsp3) is 0.750. The maximum Gasteiger partial charge on any atom is 0.252 e. The molecular formula is C8H13N3O. The Morgan fingerprint density at radius 2 is 2.42 bits per heavy atom. The third kappa shape index (κ3) is 1.74. The van der Waals surface area contributed by atoms with Crippen molar-refractivity contribution in [1.82, 2.24) is 10.6 Å². The van der Waals surface area contributed by atoms with E-state index in [0.717, 1.165) is 25.8 Å². The lowest BCUT2D eigenvalue weighted by atomic mass is 9.90. The highest BCUT2D eigenvalue weighted by Gasteiger charge is 2.33. The molecule has 0 aromatic heterocycles. The Bertz CT molecular complexity index is 213. The summed E-state index contributed by atoms with van der Waals surface area (Å²) >= 11 is 0. The number of carbonyl (C=O) groups excluding carboxylic acids is 1. The van der Waals surface area contributed by atoms with Crippen molar-refractivity contribution in [3.63, 3.8) is 0 Å². The molecule has 1 rings (SSSR count). The molecule has 0 spiro atoms. The van der Waals surface area contributed by atoms with Crippen molar-refractivity contribution in [1.29, 1.82) is 5.26 Å². The van der Waals surface area contributed by atoms with Gasteiger partial charge in [-0.2, -0.15) is 5.26 Å². The molecule has 1 atom stereocenters. The van der Waals surface area contributed by atoms with Crippen LogP contribution in [0.2, 0.25) is 0 Å². The van der Waals surface area contributed by atoms with Crippen LogP contribution in [0, 0.1) is 11.5 Å². The zero-order valence-corrected chi connectivity index (χ0v) is 7.18. The van der Waals surface area contributed by atoms with Crippen molar-refractivity contribution >= 4 is 5.91 Å². The van der Waals surface area contributed by atoms with Crippen molar-refractivity contribution < 1.29 is 4.79 Å². The molecule has 1 fully saturated rings. The monoisotopic (exact) mass is 167 g/mol. The molecule has 4 heteroatoms. The third-order valence-corrected chi connectivity index (χ3v) is 2.29. The van der Waals surface area contributed by atoms with Crippen LogP contribution in [0.3, 0.4) is 0 Å². The van der Waals surface area contributed by atoms with Gasteiger partial charge in [-0.1, -0.05) is 0 Å². The SMILES string of the molecule is CC1(C(=O)NC#N)CCCCN1. The second kappa shape index (κ2) is 3.55. The maximum atomic E-state index is 11.3. The molecule has 1 aliphatic rings. The maximum absolute atomic E-state index is 11.3. The summed E-state index contributed by atoms with van der Waals surface area (Å²) in [5.41, 5.74) is -0.534. The van der Waals surface area contributed by atoms with E-state index in [0.29, 0.717) is 0 Å². The second-order valence-corrected chi connectivity index (χ2v) is 3.28. The first-order valence-electron chi connectivity index (χ1n) is 4.13. The fourth-order valence-electron chi connectivity index (χ4n) is 1.44. The molecule has 0 radical (unpaired) electrons. The molecule has 1 aliphatic heterocycles. The average Bonchev–Trinajstić information content (AvgIpc) is 2.06. The summed E-state index contributed by atoms with van der Waals surface area (Å²) in [4.78, 5) is 11.3. The molecule has 0 aromatic rings. The zero-order valence-electron chi connectivity index (χ0n) is 7.18. The van der Waals surface area contributed by atoms with Crippen molar-refractivity contribution in [2.24, 2.45) is 0 Å². The van der Waals surface area contributed by atoms with E-state index < -0.39 is 5.54 Å². The Morgan fingerprint density at radius 1 is 1.67 bits per heavy atom. The predicted molar refractivity (Wildman–Crippen MR) is 44.0 cm³/mol. The molecule has 0 saturated carbocycles. The van der Waals surface area contributed by atoms with Crippen molar-refractivity contribution in [2.45, 2.75) is 31.7 Å². The largest absolute Gasteiger partial charge is 0.304 e. The summed E-state index contributed by atoms with van der Waals surface area (Å²) in [5, 5.41) is 13.5. The first-order chi connectivity index (χ1) is 5.69. The second-order valence-electron chi connectivity index (χ2n) is 3.28. The minimum absolute atomic E-state index is 0.218. The number of nitriles is 1. The molecular weight excluding hydrogens is 154 g/mol. The number of hydrogen-bond donors (Lipinski definition) is 2. The highest BCUT2D eigenvalue weighted by molar-refractivity contribution is 5.87. The predicted octanol–water partition coefficient (Wildman–Crippen LogP) is 0.116. The average molecular weight is 167 g/mol. The van der Waals surface area contributed by atoms with E-state index in [-0.39, 0.29) is 5.91 Å². The number of nitrogens with zero attached hydrogens (tertiary/aromatic N) is 1. The van der Waals surface area contributed by atoms with Gasteiger partial charge in [0.25, 0.3) is 5.91 Å². The standard InChI is InChI=1S/C8H13N3O/c1-8(7(12)10-6-9)4-2-3-5-11-8/h11H,2-5H2,1H3,(H,10,12). The Hall–Kier alpha value is -1.08. The van der Waals surface area contributed by atoms with Crippen LogP contribution in [-0.4, -0.2) is 18.0 Å². The lowest BCUT2D eigenvalue weighted by Gasteiger charge is -2.32. The van der Waals surface area contributed by atoms with E-state index in [1.807, 2.05) is 6.92 Å². The van der Waals surface area contributed by atoms with Crippen LogP contribution >= 0.6 is 0 Å². The van der Waals surface area contributed by atoms with Crippen molar-refractivity contribution in [3.8, 4) is 6.19 Å². The molecule has 0 aromatic carbocycles. The van der Waals surface area contributed by atoms with Crippen LogP contribution in [0.5, 0.6) is 0 Å². The fourth-order valence-corrected chi connectivity index (χ4v) is 1.44. The lowest BCUT2D eigenvalue weighted by molar-refractivity contribution is -0.126. The lowest BCUT2D eigenvalue weighted by Crippen LogP contribution is -2.56. The molecule has 0 aliphatic carbocycles. The van der Waals surface area contributed by atoms with Gasteiger partial charge in [0.2, 0.25) is 0 Å². The molecule has 0 bridgehead atoms. The number of piperidine rings is 1. The summed E-state index contributed by atoms with van der Waals surface area (Å²) in [6.45, 7) is 2.69. The Balaban J connectivity index is 2.57. The van der Waals surface area contributed by atoms with E-state index in [4.69, 9.17) is 5.26 Å². The number of carbonyl (C=O) groups is 1. The van der Waals surface area contributed by atoms with Crippen molar-refractivity contribution in [3.05, 3.63) is 0 Å². The van der Waals surface area contributed by atoms with Gasteiger partial charge in [-0.15, -0.1) is 0 Å². The van der Waals surface area contributed by atoms with Gasteiger partial charge < -0.3 is 5.32 Å². The third-order valence-electron chi connectivity index (χ3n) is 2.29. The first-order valence-corrected chi connectivity index (χ1v) is 4.13. The van der Waals surface area contributed by atoms with Gasteiger partial charge >= 0.3 is 0 Å². The molecule has 1 saturated heterocycles. The topological polar surface area (TPSA) is 64.9 Å². The summed E-state index contributed by atoms with van der Waals surface area (Å²) in [6, 6.07) is 0. The van der Waals surface area contributed by atoms with E-state index in [2.05, 4.69) is 10.6 Å². The minimum Gasteiger partial charge on any atom is -0.304 e. The number of amides is 1. The normalized spacial score (nSPS) is 29.0. The van der Waals surface area contributed by atoms with Crippen LogP contribution in [0.4, 0.5) is 0 Å². The first kappa shape index (κ1) is 9.01. The van der Waals surface area contributed by atoms with Gasteiger partial charge in [0.05, 0.1) is 5.54 Å². The smallest absolute Gasteiger partial charge is 0.252 e. The van der Waals surface area contributed by atoms with Crippen LogP contribution in [-0.2, 0) is 4.79 Å². The van der Waals surface area contributed by atoms with Crippen molar-refractivity contribution in [2.75, 3.05) is 6.54 Å². The van der Waals surface area contributed by atoms with Crippen LogP contribution in [0.15, 0.2) is 0 Å². The minimum atomic E-state index is -0.534. The van der Waals surface area contributed by atoms with Gasteiger partial charge in [-0.3, -0.25) is 10.1 Å². The summed E-state index contributed by atoms with van der Waals surface area (Å²) in [5.74, 6) is -0.218. The van der Waals surface area contributed by atoms with Crippen LogP contribution in [0.1, 0.15) is 26.2 Å². The quantitative estimate of drug-likeness (QED) is 0.430. The molecule has 4 nitrogen and oxygen atoms in total. The Labute approximate surface area is 71.9 Å². The number of nitrogens with one attached hydrogen (secondary N) is 2. The highest BCUT2D eigenvalue weighted by atomic mass is 16.2. The van der Waals surface area contributed by atoms with Crippen LogP contribution < -0.4 is 10.6 Å². The highest BCUT2D eigenvalue weighted by Crippen LogP contribution is 2.18. The Morgan fingerprint density at radius 3 is 2.92 bits per heavy atom. The number of hydrogen-bond acceptors (Lipinski definition) is 3. The van der Waals surface area contributed by atoms with E-state index in [9.17, 15) is 4.79 Å². The Kier molecular flexibility index (Phi) is 2.66. The summed E-state index contributed by atoms with van der Waals surface area (Å²) in [7, 11) is 0. The number of rotatable bonds is 1. The van der Waals surface area contributed by atoms with Gasteiger partial charge in [0.1, 0.15) is 0 Å². The van der Waals surface area contributed by atoms with Gasteiger partial charge in [0.15, 0.2) is 6.19 Å². The van der Waals surface area contributed by atoms with Crippen LogP contribution in [0.25, 0.3) is 0 Å². The summed E-state index contributed by atoms with van der Waals surface area (Å²) < 4.78 is 0. The molecule has 2 N–H and O–H groups in total. The van der Waals surface area contributed by atoms with Gasteiger partial charge in [-0.05, 0) is 32.7 Å². The summed E-state index contributed by atoms with van der Waals surface area (Å²) in [6.07, 6.45) is 4.61.